The minimum atomic E-state index is -0.457. The molecular formula is C18H23IN2O2. The van der Waals surface area contributed by atoms with E-state index < -0.39 is 6.04 Å². The van der Waals surface area contributed by atoms with Crippen molar-refractivity contribution in [2.75, 3.05) is 0 Å². The Morgan fingerprint density at radius 3 is 2.39 bits per heavy atom. The number of hydrogen-bond acceptors (Lipinski definition) is 2. The van der Waals surface area contributed by atoms with Crippen LogP contribution in [0.2, 0.25) is 0 Å². The molecule has 0 aliphatic carbocycles. The van der Waals surface area contributed by atoms with Crippen molar-refractivity contribution in [3.05, 3.63) is 45.3 Å². The number of nitrogens with zero attached hydrogens (tertiary/aromatic N) is 2. The Labute approximate surface area is 151 Å². The lowest BCUT2D eigenvalue weighted by Crippen LogP contribution is -2.57. The maximum Gasteiger partial charge on any atom is 0.259 e. The molecule has 0 radical (unpaired) electrons. The van der Waals surface area contributed by atoms with Gasteiger partial charge in [-0.3, -0.25) is 9.59 Å². The summed E-state index contributed by atoms with van der Waals surface area (Å²) in [6.07, 6.45) is 2.40. The van der Waals surface area contributed by atoms with E-state index in [0.717, 1.165) is 9.27 Å². The summed E-state index contributed by atoms with van der Waals surface area (Å²) in [7, 11) is 0. The molecule has 1 aliphatic heterocycles. The van der Waals surface area contributed by atoms with Gasteiger partial charge >= 0.3 is 0 Å². The summed E-state index contributed by atoms with van der Waals surface area (Å²) in [6, 6.07) is 7.00. The van der Waals surface area contributed by atoms with Crippen LogP contribution in [-0.2, 0) is 4.79 Å². The van der Waals surface area contributed by atoms with E-state index in [1.165, 1.54) is 0 Å². The van der Waals surface area contributed by atoms with Crippen molar-refractivity contribution in [1.29, 1.82) is 0 Å². The maximum absolute atomic E-state index is 12.9. The van der Waals surface area contributed by atoms with E-state index >= 15 is 0 Å². The number of allylic oxidation sites excluding steroid dienone is 1. The lowest BCUT2D eigenvalue weighted by Gasteiger charge is -2.44. The number of carbonyl (C=O) groups is 2. The molecule has 0 saturated carbocycles. The van der Waals surface area contributed by atoms with Crippen LogP contribution in [0.5, 0.6) is 0 Å². The van der Waals surface area contributed by atoms with Gasteiger partial charge < -0.3 is 9.80 Å². The third-order valence-electron chi connectivity index (χ3n) is 3.92. The highest BCUT2D eigenvalue weighted by Gasteiger charge is 2.40. The van der Waals surface area contributed by atoms with E-state index in [2.05, 4.69) is 22.6 Å². The molecule has 124 valence electrons. The number of hydrogen-bond donors (Lipinski definition) is 0. The second-order valence-electron chi connectivity index (χ2n) is 6.73. The van der Waals surface area contributed by atoms with Gasteiger partial charge in [-0.1, -0.05) is 19.1 Å². The van der Waals surface area contributed by atoms with Gasteiger partial charge in [-0.25, -0.2) is 0 Å². The normalized spacial score (nSPS) is 19.0. The molecule has 0 bridgehead atoms. The average Bonchev–Trinajstić information content (AvgIpc) is 2.45. The zero-order chi connectivity index (χ0) is 17.4. The highest BCUT2D eigenvalue weighted by Crippen LogP contribution is 2.29. The Balaban J connectivity index is 2.47. The van der Waals surface area contributed by atoms with Crippen LogP contribution in [0, 0.1) is 3.57 Å². The van der Waals surface area contributed by atoms with Crippen LogP contribution >= 0.6 is 22.6 Å². The predicted molar refractivity (Wildman–Crippen MR) is 99.8 cm³/mol. The Bertz CT molecular complexity index is 661. The Morgan fingerprint density at radius 1 is 1.26 bits per heavy atom. The first-order valence-electron chi connectivity index (χ1n) is 7.78. The number of carbonyl (C=O) groups excluding carboxylic acids is 2. The molecule has 1 heterocycles. The maximum atomic E-state index is 12.9. The monoisotopic (exact) mass is 426 g/mol. The van der Waals surface area contributed by atoms with Crippen molar-refractivity contribution in [3.8, 4) is 0 Å². The summed E-state index contributed by atoms with van der Waals surface area (Å²) < 4.78 is 0.890. The smallest absolute Gasteiger partial charge is 0.259 e. The summed E-state index contributed by atoms with van der Waals surface area (Å²) in [4.78, 5) is 29.3. The van der Waals surface area contributed by atoms with Crippen molar-refractivity contribution in [2.45, 2.75) is 52.6 Å². The summed E-state index contributed by atoms with van der Waals surface area (Å²) in [6.45, 7) is 9.84. The van der Waals surface area contributed by atoms with Crippen LogP contribution in [-0.4, -0.2) is 33.2 Å². The summed E-state index contributed by atoms with van der Waals surface area (Å²) >= 11 is 2.15. The van der Waals surface area contributed by atoms with Crippen LogP contribution in [0.1, 0.15) is 51.4 Å². The zero-order valence-electron chi connectivity index (χ0n) is 14.3. The molecule has 1 atom stereocenters. The van der Waals surface area contributed by atoms with E-state index in [9.17, 15) is 9.59 Å². The van der Waals surface area contributed by atoms with Crippen molar-refractivity contribution in [1.82, 2.24) is 9.80 Å². The largest absolute Gasteiger partial charge is 0.308 e. The molecule has 0 N–H and O–H groups in total. The van der Waals surface area contributed by atoms with Crippen LogP contribution in [0.3, 0.4) is 0 Å². The van der Waals surface area contributed by atoms with Crippen LogP contribution < -0.4 is 0 Å². The minimum absolute atomic E-state index is 0.0145. The fourth-order valence-corrected chi connectivity index (χ4v) is 3.61. The van der Waals surface area contributed by atoms with Crippen molar-refractivity contribution in [3.63, 3.8) is 0 Å². The standard InChI is InChI=1S/C18H23IN2O2/c1-6-15-17(23)21(18(3,4)5)12(2)11-20(15)16(22)13-9-7-8-10-14(13)19/h7-11,15H,6H2,1-5H3. The molecule has 2 rings (SSSR count). The van der Waals surface area contributed by atoms with E-state index in [4.69, 9.17) is 0 Å². The molecule has 1 aromatic rings. The fraction of sp³-hybridized carbons (Fsp3) is 0.444. The molecule has 1 aliphatic rings. The number of amides is 2. The second kappa shape index (κ2) is 6.63. The fourth-order valence-electron chi connectivity index (χ4n) is 3.00. The molecule has 0 saturated heterocycles. The third kappa shape index (κ3) is 3.44. The number of benzene rings is 1. The quantitative estimate of drug-likeness (QED) is 0.671. The van der Waals surface area contributed by atoms with Crippen molar-refractivity contribution in [2.24, 2.45) is 0 Å². The Hall–Kier alpha value is -1.37. The number of rotatable bonds is 2. The van der Waals surface area contributed by atoms with Gasteiger partial charge in [0.2, 0.25) is 5.91 Å². The highest BCUT2D eigenvalue weighted by atomic mass is 127. The molecule has 23 heavy (non-hydrogen) atoms. The average molecular weight is 426 g/mol. The zero-order valence-corrected chi connectivity index (χ0v) is 16.4. The highest BCUT2D eigenvalue weighted by molar-refractivity contribution is 14.1. The van der Waals surface area contributed by atoms with Crippen molar-refractivity contribution < 1.29 is 9.59 Å². The predicted octanol–water partition coefficient (Wildman–Crippen LogP) is 4.01. The van der Waals surface area contributed by atoms with Crippen LogP contribution in [0.25, 0.3) is 0 Å². The molecule has 5 heteroatoms. The third-order valence-corrected chi connectivity index (χ3v) is 4.86. The Kier molecular flexibility index (Phi) is 5.18. The minimum Gasteiger partial charge on any atom is -0.308 e. The van der Waals surface area contributed by atoms with Gasteiger partial charge in [0, 0.05) is 21.0 Å². The Morgan fingerprint density at radius 2 is 1.87 bits per heavy atom. The molecule has 2 amide bonds. The molecule has 1 unspecified atom stereocenters. The van der Waals surface area contributed by atoms with Gasteiger partial charge in [0.05, 0.1) is 5.56 Å². The summed E-state index contributed by atoms with van der Waals surface area (Å²) in [5.41, 5.74) is 1.13. The van der Waals surface area contributed by atoms with Crippen molar-refractivity contribution >= 4 is 34.4 Å². The van der Waals surface area contributed by atoms with Gasteiger partial charge in [-0.05, 0) is 68.8 Å². The first kappa shape index (κ1) is 18.0. The summed E-state index contributed by atoms with van der Waals surface area (Å²) in [5, 5.41) is 0. The van der Waals surface area contributed by atoms with E-state index in [0.29, 0.717) is 12.0 Å². The molecule has 0 aromatic heterocycles. The number of halogens is 1. The summed E-state index contributed by atoms with van der Waals surface area (Å²) in [5.74, 6) is -0.137. The first-order chi connectivity index (χ1) is 10.7. The molecule has 1 aromatic carbocycles. The van der Waals surface area contributed by atoms with Gasteiger partial charge in [0.15, 0.2) is 0 Å². The van der Waals surface area contributed by atoms with E-state index in [-0.39, 0.29) is 17.4 Å². The lowest BCUT2D eigenvalue weighted by atomic mass is 9.99. The topological polar surface area (TPSA) is 40.6 Å². The molecule has 0 spiro atoms. The van der Waals surface area contributed by atoms with E-state index in [1.54, 1.807) is 15.9 Å². The molecule has 0 fully saturated rings. The van der Waals surface area contributed by atoms with Gasteiger partial charge in [-0.15, -0.1) is 0 Å². The van der Waals surface area contributed by atoms with Gasteiger partial charge in [0.1, 0.15) is 6.04 Å². The SMILES string of the molecule is CCC1C(=O)N(C(C)(C)C)C(C)=CN1C(=O)c1ccccc1I. The first-order valence-corrected chi connectivity index (χ1v) is 8.86. The van der Waals surface area contributed by atoms with Crippen LogP contribution in [0.4, 0.5) is 0 Å². The van der Waals surface area contributed by atoms with Gasteiger partial charge in [-0.2, -0.15) is 0 Å². The van der Waals surface area contributed by atoms with Crippen LogP contribution in [0.15, 0.2) is 36.2 Å². The lowest BCUT2D eigenvalue weighted by molar-refractivity contribution is -0.139. The second-order valence-corrected chi connectivity index (χ2v) is 7.89. The van der Waals surface area contributed by atoms with E-state index in [1.807, 2.05) is 59.0 Å². The van der Waals surface area contributed by atoms with Gasteiger partial charge in [0.25, 0.3) is 5.91 Å². The molecular weight excluding hydrogens is 403 g/mol. The molecule has 4 nitrogen and oxygen atoms in total.